The number of benzene rings is 1. The van der Waals surface area contributed by atoms with Crippen molar-refractivity contribution in [3.05, 3.63) is 45.7 Å². The number of ether oxygens (including phenoxy) is 1. The molecule has 0 aliphatic carbocycles. The van der Waals surface area contributed by atoms with Gasteiger partial charge in [-0.3, -0.25) is 0 Å². The molecule has 0 amide bonds. The monoisotopic (exact) mass is 266 g/mol. The Morgan fingerprint density at radius 1 is 1.50 bits per heavy atom. The molecule has 0 radical (unpaired) electrons. The van der Waals surface area contributed by atoms with E-state index in [-0.39, 0.29) is 11.9 Å². The van der Waals surface area contributed by atoms with E-state index in [4.69, 9.17) is 10.5 Å². The van der Waals surface area contributed by atoms with Gasteiger partial charge in [0, 0.05) is 23.9 Å². The van der Waals surface area contributed by atoms with E-state index in [2.05, 4.69) is 4.98 Å². The lowest BCUT2D eigenvalue weighted by Gasteiger charge is -2.09. The Labute approximate surface area is 109 Å². The van der Waals surface area contributed by atoms with Crippen LogP contribution < -0.4 is 10.5 Å². The summed E-state index contributed by atoms with van der Waals surface area (Å²) in [6.07, 6.45) is 1.77. The predicted molar refractivity (Wildman–Crippen MR) is 70.2 cm³/mol. The van der Waals surface area contributed by atoms with Crippen molar-refractivity contribution in [3.63, 3.8) is 0 Å². The zero-order chi connectivity index (χ0) is 13.1. The zero-order valence-electron chi connectivity index (χ0n) is 10.3. The van der Waals surface area contributed by atoms with Crippen LogP contribution in [0.1, 0.15) is 28.4 Å². The van der Waals surface area contributed by atoms with Crippen molar-refractivity contribution in [1.29, 1.82) is 0 Å². The standard InChI is InChI=1S/C13H15FN2OS/c1-8(15)12-4-3-10(5-13(12)14)17-7-11-6-16-9(2)18-11/h3-6,8H,7,15H2,1-2H3/t8-/m0/s1. The Morgan fingerprint density at radius 2 is 2.28 bits per heavy atom. The van der Waals surface area contributed by atoms with Crippen LogP contribution in [0.3, 0.4) is 0 Å². The number of hydrogen-bond acceptors (Lipinski definition) is 4. The molecule has 0 unspecified atom stereocenters. The molecule has 0 saturated heterocycles. The number of aryl methyl sites for hydroxylation is 1. The van der Waals surface area contributed by atoms with Crippen molar-refractivity contribution in [2.45, 2.75) is 26.5 Å². The number of rotatable bonds is 4. The summed E-state index contributed by atoms with van der Waals surface area (Å²) in [5, 5.41) is 0.993. The van der Waals surface area contributed by atoms with Gasteiger partial charge in [-0.25, -0.2) is 9.37 Å². The second-order valence-electron chi connectivity index (χ2n) is 4.11. The number of aromatic nitrogens is 1. The van der Waals surface area contributed by atoms with Crippen molar-refractivity contribution in [3.8, 4) is 5.75 Å². The molecule has 2 rings (SSSR count). The van der Waals surface area contributed by atoms with Gasteiger partial charge in [0.1, 0.15) is 18.2 Å². The summed E-state index contributed by atoms with van der Waals surface area (Å²) in [5.74, 6) is 0.172. The van der Waals surface area contributed by atoms with Gasteiger partial charge in [-0.2, -0.15) is 0 Å². The van der Waals surface area contributed by atoms with Crippen molar-refractivity contribution in [2.75, 3.05) is 0 Å². The fraction of sp³-hybridized carbons (Fsp3) is 0.308. The number of hydrogen-bond donors (Lipinski definition) is 1. The minimum atomic E-state index is -0.331. The molecule has 1 atom stereocenters. The molecule has 2 aromatic rings. The number of halogens is 1. The van der Waals surface area contributed by atoms with Gasteiger partial charge in [-0.05, 0) is 19.9 Å². The fourth-order valence-corrected chi connectivity index (χ4v) is 2.30. The van der Waals surface area contributed by atoms with Crippen LogP contribution in [-0.4, -0.2) is 4.98 Å². The second-order valence-corrected chi connectivity index (χ2v) is 5.43. The van der Waals surface area contributed by atoms with Crippen molar-refractivity contribution >= 4 is 11.3 Å². The van der Waals surface area contributed by atoms with Crippen molar-refractivity contribution in [1.82, 2.24) is 4.98 Å². The van der Waals surface area contributed by atoms with E-state index >= 15 is 0 Å². The fourth-order valence-electron chi connectivity index (χ4n) is 1.59. The third-order valence-corrected chi connectivity index (χ3v) is 3.40. The van der Waals surface area contributed by atoms with Crippen LogP contribution in [-0.2, 0) is 6.61 Å². The van der Waals surface area contributed by atoms with Crippen LogP contribution in [0.4, 0.5) is 4.39 Å². The van der Waals surface area contributed by atoms with Gasteiger partial charge in [-0.1, -0.05) is 6.07 Å². The maximum atomic E-state index is 13.7. The Hall–Kier alpha value is -1.46. The highest BCUT2D eigenvalue weighted by atomic mass is 32.1. The molecular weight excluding hydrogens is 251 g/mol. The molecule has 96 valence electrons. The lowest BCUT2D eigenvalue weighted by molar-refractivity contribution is 0.307. The molecule has 0 saturated carbocycles. The first-order chi connectivity index (χ1) is 8.56. The average Bonchev–Trinajstić information content (AvgIpc) is 2.72. The van der Waals surface area contributed by atoms with Crippen molar-refractivity contribution < 1.29 is 9.13 Å². The van der Waals surface area contributed by atoms with E-state index in [0.717, 1.165) is 9.88 Å². The maximum absolute atomic E-state index is 13.7. The lowest BCUT2D eigenvalue weighted by Crippen LogP contribution is -2.07. The molecule has 5 heteroatoms. The van der Waals surface area contributed by atoms with E-state index in [1.165, 1.54) is 6.07 Å². The highest BCUT2D eigenvalue weighted by Gasteiger charge is 2.08. The molecule has 3 nitrogen and oxygen atoms in total. The Bertz CT molecular complexity index is 540. The smallest absolute Gasteiger partial charge is 0.131 e. The Balaban J connectivity index is 2.04. The van der Waals surface area contributed by atoms with Crippen LogP contribution in [0.25, 0.3) is 0 Å². The van der Waals surface area contributed by atoms with E-state index < -0.39 is 0 Å². The first-order valence-corrected chi connectivity index (χ1v) is 6.47. The molecule has 0 spiro atoms. The average molecular weight is 266 g/mol. The van der Waals surface area contributed by atoms with Gasteiger partial charge in [-0.15, -0.1) is 11.3 Å². The SMILES string of the molecule is Cc1ncc(COc2ccc([C@H](C)N)c(F)c2)s1. The normalized spacial score (nSPS) is 12.4. The van der Waals surface area contributed by atoms with Gasteiger partial charge in [0.15, 0.2) is 0 Å². The first kappa shape index (κ1) is 13.0. The van der Waals surface area contributed by atoms with E-state index in [9.17, 15) is 4.39 Å². The molecule has 0 fully saturated rings. The summed E-state index contributed by atoms with van der Waals surface area (Å²) in [6.45, 7) is 4.09. The van der Waals surface area contributed by atoms with Gasteiger partial charge >= 0.3 is 0 Å². The topological polar surface area (TPSA) is 48.1 Å². The maximum Gasteiger partial charge on any atom is 0.131 e. The van der Waals surface area contributed by atoms with Crippen molar-refractivity contribution in [2.24, 2.45) is 5.73 Å². The molecule has 0 bridgehead atoms. The second kappa shape index (κ2) is 5.46. The van der Waals surface area contributed by atoms with Gasteiger partial charge in [0.2, 0.25) is 0 Å². The Kier molecular flexibility index (Phi) is 3.93. The third-order valence-electron chi connectivity index (χ3n) is 2.51. The summed E-state index contributed by atoms with van der Waals surface area (Å²) >= 11 is 1.57. The lowest BCUT2D eigenvalue weighted by atomic mass is 10.1. The summed E-state index contributed by atoms with van der Waals surface area (Å²) in [5.41, 5.74) is 6.14. The molecule has 0 aliphatic rings. The highest BCUT2D eigenvalue weighted by molar-refractivity contribution is 7.11. The van der Waals surface area contributed by atoms with Gasteiger partial charge in [0.05, 0.1) is 9.88 Å². The molecule has 18 heavy (non-hydrogen) atoms. The largest absolute Gasteiger partial charge is 0.488 e. The number of nitrogens with two attached hydrogens (primary N) is 1. The predicted octanol–water partition coefficient (Wildman–Crippen LogP) is 3.19. The van der Waals surface area contributed by atoms with Crippen LogP contribution in [0.15, 0.2) is 24.4 Å². The number of nitrogens with zero attached hydrogens (tertiary/aromatic N) is 1. The zero-order valence-corrected chi connectivity index (χ0v) is 11.1. The summed E-state index contributed by atoms with van der Waals surface area (Å²) in [4.78, 5) is 5.15. The van der Waals surface area contributed by atoms with E-state index in [1.807, 2.05) is 6.92 Å². The third kappa shape index (κ3) is 3.05. The minimum absolute atomic E-state index is 0.316. The quantitative estimate of drug-likeness (QED) is 0.924. The van der Waals surface area contributed by atoms with Crippen LogP contribution in [0.5, 0.6) is 5.75 Å². The van der Waals surface area contributed by atoms with Gasteiger partial charge < -0.3 is 10.5 Å². The molecule has 1 aromatic carbocycles. The molecule has 1 heterocycles. The van der Waals surface area contributed by atoms with E-state index in [1.54, 1.807) is 36.6 Å². The summed E-state index contributed by atoms with van der Waals surface area (Å²) in [7, 11) is 0. The van der Waals surface area contributed by atoms with E-state index in [0.29, 0.717) is 17.9 Å². The van der Waals surface area contributed by atoms with Crippen LogP contribution in [0.2, 0.25) is 0 Å². The molecule has 0 aliphatic heterocycles. The number of thiazole rings is 1. The summed E-state index contributed by atoms with van der Waals surface area (Å²) < 4.78 is 19.2. The Morgan fingerprint density at radius 3 is 2.83 bits per heavy atom. The van der Waals surface area contributed by atoms with Crippen LogP contribution in [0, 0.1) is 12.7 Å². The minimum Gasteiger partial charge on any atom is -0.488 e. The summed E-state index contributed by atoms with van der Waals surface area (Å²) in [6, 6.07) is 4.44. The molecule has 1 aromatic heterocycles. The van der Waals surface area contributed by atoms with Gasteiger partial charge in [0.25, 0.3) is 0 Å². The highest BCUT2D eigenvalue weighted by Crippen LogP contribution is 2.22. The van der Waals surface area contributed by atoms with Crippen LogP contribution >= 0.6 is 11.3 Å². The molecular formula is C13H15FN2OS. The molecule has 2 N–H and O–H groups in total. The first-order valence-electron chi connectivity index (χ1n) is 5.65.